The normalized spacial score (nSPS) is 10.5. The minimum Gasteiger partial charge on any atom is -0.493 e. The third-order valence-electron chi connectivity index (χ3n) is 3.08. The number of hydrazone groups is 1. The van der Waals surface area contributed by atoms with Gasteiger partial charge in [0, 0.05) is 18.7 Å². The minimum absolute atomic E-state index is 0.134. The number of ether oxygens (including phenoxy) is 2. The van der Waals surface area contributed by atoms with E-state index < -0.39 is 4.92 Å². The predicted octanol–water partition coefficient (Wildman–Crippen LogP) is 2.60. The Bertz CT molecular complexity index is 607. The Balaban J connectivity index is 3.03. The van der Waals surface area contributed by atoms with Gasteiger partial charge < -0.3 is 14.8 Å². The van der Waals surface area contributed by atoms with Crippen LogP contribution in [0.4, 0.5) is 5.69 Å². The number of nitro benzene ring substituents is 1. The molecule has 0 radical (unpaired) electrons. The largest absolute Gasteiger partial charge is 0.493 e. The van der Waals surface area contributed by atoms with E-state index in [4.69, 9.17) is 21.7 Å². The van der Waals surface area contributed by atoms with E-state index in [0.717, 1.165) is 19.3 Å². The number of nitrogens with one attached hydrogen (secondary N) is 2. The van der Waals surface area contributed by atoms with Gasteiger partial charge in [0.1, 0.15) is 0 Å². The molecule has 8 nitrogen and oxygen atoms in total. The Morgan fingerprint density at radius 3 is 2.79 bits per heavy atom. The first-order chi connectivity index (χ1) is 11.5. The second-order valence-corrected chi connectivity index (χ2v) is 5.24. The molecule has 0 saturated carbocycles. The average Bonchev–Trinajstić information content (AvgIpc) is 2.58. The number of thiocarbonyl (C=S) groups is 1. The Labute approximate surface area is 146 Å². The number of methoxy groups -OCH3 is 1. The monoisotopic (exact) mass is 354 g/mol. The van der Waals surface area contributed by atoms with Crippen LogP contribution in [0.5, 0.6) is 11.5 Å². The summed E-state index contributed by atoms with van der Waals surface area (Å²) >= 11 is 4.89. The molecule has 0 amide bonds. The number of benzene rings is 1. The van der Waals surface area contributed by atoms with Crippen molar-refractivity contribution >= 4 is 29.2 Å². The third kappa shape index (κ3) is 5.99. The van der Waals surface area contributed by atoms with Crippen LogP contribution in [-0.4, -0.2) is 37.0 Å². The molecule has 132 valence electrons. The van der Waals surface area contributed by atoms with E-state index in [2.05, 4.69) is 22.8 Å². The van der Waals surface area contributed by atoms with Crippen LogP contribution < -0.4 is 20.2 Å². The molecule has 0 aliphatic rings. The molecular formula is C15H22N4O4S. The highest BCUT2D eigenvalue weighted by molar-refractivity contribution is 7.80. The zero-order chi connectivity index (χ0) is 17.9. The van der Waals surface area contributed by atoms with E-state index in [0.29, 0.717) is 23.0 Å². The zero-order valence-electron chi connectivity index (χ0n) is 14.0. The molecule has 24 heavy (non-hydrogen) atoms. The van der Waals surface area contributed by atoms with E-state index in [1.54, 1.807) is 13.1 Å². The highest BCUT2D eigenvalue weighted by Gasteiger charge is 2.22. The molecule has 0 saturated heterocycles. The summed E-state index contributed by atoms with van der Waals surface area (Å²) in [4.78, 5) is 10.8. The molecule has 0 fully saturated rings. The van der Waals surface area contributed by atoms with Crippen LogP contribution in [0.15, 0.2) is 17.2 Å². The number of nitrogens with zero attached hydrogens (tertiary/aromatic N) is 2. The van der Waals surface area contributed by atoms with Crippen LogP contribution in [-0.2, 0) is 0 Å². The summed E-state index contributed by atoms with van der Waals surface area (Å²) in [6, 6.07) is 3.00. The molecule has 0 bridgehead atoms. The fraction of sp³-hybridized carbons (Fsp3) is 0.467. The van der Waals surface area contributed by atoms with Gasteiger partial charge in [-0.15, -0.1) is 0 Å². The molecule has 0 unspecified atom stereocenters. The predicted molar refractivity (Wildman–Crippen MR) is 97.1 cm³/mol. The van der Waals surface area contributed by atoms with E-state index in [1.165, 1.54) is 19.4 Å². The molecule has 1 rings (SSSR count). The highest BCUT2D eigenvalue weighted by Crippen LogP contribution is 2.38. The summed E-state index contributed by atoms with van der Waals surface area (Å²) in [6.07, 6.45) is 4.28. The summed E-state index contributed by atoms with van der Waals surface area (Å²) in [7, 11) is 3.09. The Morgan fingerprint density at radius 1 is 1.46 bits per heavy atom. The van der Waals surface area contributed by atoms with Crippen molar-refractivity contribution in [1.82, 2.24) is 10.7 Å². The first-order valence-corrected chi connectivity index (χ1v) is 7.94. The topological polar surface area (TPSA) is 98.0 Å². The van der Waals surface area contributed by atoms with Crippen molar-refractivity contribution in [3.63, 3.8) is 0 Å². The van der Waals surface area contributed by atoms with Gasteiger partial charge in [0.05, 0.1) is 24.9 Å². The van der Waals surface area contributed by atoms with Crippen LogP contribution in [0.1, 0.15) is 31.7 Å². The van der Waals surface area contributed by atoms with Gasteiger partial charge in [0.25, 0.3) is 0 Å². The summed E-state index contributed by atoms with van der Waals surface area (Å²) in [6.45, 7) is 2.47. The van der Waals surface area contributed by atoms with Gasteiger partial charge in [0.2, 0.25) is 5.75 Å². The molecule has 9 heteroatoms. The van der Waals surface area contributed by atoms with Crippen LogP contribution in [0.25, 0.3) is 0 Å². The highest BCUT2D eigenvalue weighted by atomic mass is 32.1. The fourth-order valence-corrected chi connectivity index (χ4v) is 1.92. The molecule has 0 aromatic heterocycles. The van der Waals surface area contributed by atoms with Crippen molar-refractivity contribution in [3.05, 3.63) is 27.8 Å². The average molecular weight is 354 g/mol. The van der Waals surface area contributed by atoms with Gasteiger partial charge in [-0.1, -0.05) is 19.8 Å². The van der Waals surface area contributed by atoms with Gasteiger partial charge >= 0.3 is 5.69 Å². The van der Waals surface area contributed by atoms with Crippen molar-refractivity contribution in [2.75, 3.05) is 20.8 Å². The van der Waals surface area contributed by atoms with Crippen molar-refractivity contribution in [1.29, 1.82) is 0 Å². The number of rotatable bonds is 9. The second kappa shape index (κ2) is 10.4. The number of unbranched alkanes of at least 4 members (excludes halogenated alkanes) is 2. The molecule has 0 aliphatic heterocycles. The zero-order valence-corrected chi connectivity index (χ0v) is 14.8. The van der Waals surface area contributed by atoms with Crippen molar-refractivity contribution in [2.24, 2.45) is 5.10 Å². The molecule has 0 aliphatic carbocycles. The molecular weight excluding hydrogens is 332 g/mol. The Kier molecular flexibility index (Phi) is 8.48. The summed E-state index contributed by atoms with van der Waals surface area (Å²) < 4.78 is 10.8. The first-order valence-electron chi connectivity index (χ1n) is 7.53. The second-order valence-electron chi connectivity index (χ2n) is 4.83. The Hall–Kier alpha value is -2.42. The van der Waals surface area contributed by atoms with E-state index >= 15 is 0 Å². The van der Waals surface area contributed by atoms with Crippen molar-refractivity contribution in [2.45, 2.75) is 26.2 Å². The SMILES string of the molecule is CCCCCOc1c(OC)cc(/C=N/NC(=S)NC)cc1[N+](=O)[O-]. The maximum atomic E-state index is 11.3. The fourth-order valence-electron chi connectivity index (χ4n) is 1.86. The van der Waals surface area contributed by atoms with Gasteiger partial charge in [-0.3, -0.25) is 15.5 Å². The molecule has 2 N–H and O–H groups in total. The molecule has 0 heterocycles. The summed E-state index contributed by atoms with van der Waals surface area (Å²) in [5.41, 5.74) is 2.91. The Morgan fingerprint density at radius 2 is 2.21 bits per heavy atom. The van der Waals surface area contributed by atoms with Gasteiger partial charge in [-0.05, 0) is 24.7 Å². The lowest BCUT2D eigenvalue weighted by molar-refractivity contribution is -0.386. The smallest absolute Gasteiger partial charge is 0.315 e. The maximum absolute atomic E-state index is 11.3. The molecule has 1 aromatic carbocycles. The van der Waals surface area contributed by atoms with Crippen LogP contribution in [0.3, 0.4) is 0 Å². The third-order valence-corrected chi connectivity index (χ3v) is 3.37. The number of hydrogen-bond donors (Lipinski definition) is 2. The molecule has 1 aromatic rings. The van der Waals surface area contributed by atoms with E-state index in [9.17, 15) is 10.1 Å². The standard InChI is InChI=1S/C15H22N4O4S/c1-4-5-6-7-23-14-12(19(20)21)8-11(9-13(14)22-3)10-17-18-15(24)16-2/h8-10H,4-7H2,1-3H3,(H2,16,18,24)/b17-10+. The van der Waals surface area contributed by atoms with Crippen LogP contribution in [0, 0.1) is 10.1 Å². The van der Waals surface area contributed by atoms with Gasteiger partial charge in [-0.25, -0.2) is 0 Å². The van der Waals surface area contributed by atoms with Gasteiger partial charge in [0.15, 0.2) is 10.9 Å². The maximum Gasteiger partial charge on any atom is 0.315 e. The quantitative estimate of drug-likeness (QED) is 0.231. The number of nitro groups is 1. The molecule has 0 atom stereocenters. The van der Waals surface area contributed by atoms with Crippen molar-refractivity contribution < 1.29 is 14.4 Å². The summed E-state index contributed by atoms with van der Waals surface area (Å²) in [5.74, 6) is 0.424. The minimum atomic E-state index is -0.499. The molecule has 0 spiro atoms. The summed E-state index contributed by atoms with van der Waals surface area (Å²) in [5, 5.41) is 18.3. The lowest BCUT2D eigenvalue weighted by atomic mass is 10.2. The number of hydrogen-bond acceptors (Lipinski definition) is 6. The van der Waals surface area contributed by atoms with Gasteiger partial charge in [-0.2, -0.15) is 5.10 Å². The van der Waals surface area contributed by atoms with E-state index in [-0.39, 0.29) is 11.4 Å². The van der Waals surface area contributed by atoms with E-state index in [1.807, 2.05) is 0 Å². The lowest BCUT2D eigenvalue weighted by Crippen LogP contribution is -2.28. The van der Waals surface area contributed by atoms with Crippen LogP contribution >= 0.6 is 12.2 Å². The van der Waals surface area contributed by atoms with Crippen LogP contribution in [0.2, 0.25) is 0 Å². The lowest BCUT2D eigenvalue weighted by Gasteiger charge is -2.11. The van der Waals surface area contributed by atoms with Crippen molar-refractivity contribution in [3.8, 4) is 11.5 Å². The first kappa shape index (κ1) is 19.6.